The third-order valence-electron chi connectivity index (χ3n) is 1.72. The van der Waals surface area contributed by atoms with Gasteiger partial charge in [0.2, 0.25) is 7.37 Å². The van der Waals surface area contributed by atoms with Crippen LogP contribution in [0.1, 0.15) is 5.56 Å². The first kappa shape index (κ1) is 11.2. The van der Waals surface area contributed by atoms with E-state index in [4.69, 9.17) is 10.00 Å². The second-order valence-corrected chi connectivity index (χ2v) is 5.32. The third-order valence-corrected chi connectivity index (χ3v) is 2.94. The van der Waals surface area contributed by atoms with Gasteiger partial charge in [-0.2, -0.15) is 0 Å². The van der Waals surface area contributed by atoms with Gasteiger partial charge >= 0.3 is 0 Å². The average Bonchev–Trinajstić information content (AvgIpc) is 2.19. The Bertz CT molecular complexity index is 346. The van der Waals surface area contributed by atoms with Gasteiger partial charge in [-0.3, -0.25) is 4.57 Å². The summed E-state index contributed by atoms with van der Waals surface area (Å²) in [7, 11) is -3.34. The molecule has 1 aromatic carbocycles. The first-order chi connectivity index (χ1) is 6.64. The van der Waals surface area contributed by atoms with Crippen LogP contribution in [0.2, 0.25) is 0 Å². The molecule has 14 heavy (non-hydrogen) atoms. The first-order valence-corrected chi connectivity index (χ1v) is 6.30. The van der Waals surface area contributed by atoms with Gasteiger partial charge in [0.1, 0.15) is 6.35 Å². The summed E-state index contributed by atoms with van der Waals surface area (Å²) >= 11 is 0. The summed E-state index contributed by atoms with van der Waals surface area (Å²) in [6.07, 6.45) is 2.72. The van der Waals surface area contributed by atoms with Gasteiger partial charge in [-0.25, -0.2) is 0 Å². The Morgan fingerprint density at radius 3 is 2.50 bits per heavy atom. The fourth-order valence-corrected chi connectivity index (χ4v) is 1.53. The summed E-state index contributed by atoms with van der Waals surface area (Å²) in [5, 5.41) is 8.54. The monoisotopic (exact) mass is 212 g/mol. The molecule has 0 radical (unpaired) electrons. The molecule has 0 aromatic heterocycles. The molecule has 0 spiro atoms. The molecular formula is C10H13O3P. The van der Waals surface area contributed by atoms with Crippen LogP contribution >= 0.6 is 7.37 Å². The number of aliphatic hydroxyl groups excluding tert-OH is 1. The maximum atomic E-state index is 11.0. The Hall–Kier alpha value is -0.890. The van der Waals surface area contributed by atoms with E-state index in [1.807, 2.05) is 30.3 Å². The normalized spacial score (nSPS) is 15.6. The zero-order chi connectivity index (χ0) is 10.4. The molecule has 2 N–H and O–H groups in total. The molecule has 0 saturated heterocycles. The maximum Gasteiger partial charge on any atom is 0.228 e. The predicted molar refractivity (Wildman–Crippen MR) is 57.3 cm³/mol. The smallest absolute Gasteiger partial charge is 0.228 e. The topological polar surface area (TPSA) is 57.5 Å². The minimum atomic E-state index is -3.34. The molecule has 0 saturated carbocycles. The van der Waals surface area contributed by atoms with Crippen molar-refractivity contribution in [2.75, 3.05) is 12.5 Å². The number of benzene rings is 1. The Morgan fingerprint density at radius 2 is 1.93 bits per heavy atom. The van der Waals surface area contributed by atoms with E-state index in [1.54, 1.807) is 12.2 Å². The molecule has 76 valence electrons. The van der Waals surface area contributed by atoms with E-state index in [0.29, 0.717) is 0 Å². The number of allylic oxidation sites excluding steroid dienone is 1. The lowest BCUT2D eigenvalue weighted by Gasteiger charge is -2.02. The third kappa shape index (κ3) is 3.88. The lowest BCUT2D eigenvalue weighted by molar-refractivity contribution is 0.334. The van der Waals surface area contributed by atoms with E-state index in [2.05, 4.69) is 0 Å². The van der Waals surface area contributed by atoms with Gasteiger partial charge in [0.15, 0.2) is 0 Å². The molecule has 1 atom stereocenters. The molecule has 0 aliphatic heterocycles. The number of hydrogen-bond donors (Lipinski definition) is 2. The molecule has 1 unspecified atom stereocenters. The van der Waals surface area contributed by atoms with Crippen molar-refractivity contribution < 1.29 is 14.6 Å². The highest BCUT2D eigenvalue weighted by molar-refractivity contribution is 7.57. The number of rotatable bonds is 4. The molecule has 0 fully saturated rings. The van der Waals surface area contributed by atoms with E-state index in [9.17, 15) is 4.57 Å². The minimum absolute atomic E-state index is 0.0123. The van der Waals surface area contributed by atoms with Crippen LogP contribution in [0.3, 0.4) is 0 Å². The molecule has 1 rings (SSSR count). The highest BCUT2D eigenvalue weighted by Gasteiger charge is 2.12. The van der Waals surface area contributed by atoms with Crippen molar-refractivity contribution in [3.63, 3.8) is 0 Å². The van der Waals surface area contributed by atoms with Crippen molar-refractivity contribution in [1.29, 1.82) is 0 Å². The summed E-state index contributed by atoms with van der Waals surface area (Å²) in [5.41, 5.74) is 0.977. The van der Waals surface area contributed by atoms with Crippen LogP contribution in [-0.4, -0.2) is 22.5 Å². The SMILES string of the molecule is O=P(O)(CO)CC=Cc1ccccc1. The van der Waals surface area contributed by atoms with Gasteiger partial charge in [-0.1, -0.05) is 42.5 Å². The van der Waals surface area contributed by atoms with Crippen molar-refractivity contribution >= 4 is 13.4 Å². The fraction of sp³-hybridized carbons (Fsp3) is 0.200. The molecule has 0 bridgehead atoms. The van der Waals surface area contributed by atoms with Crippen molar-refractivity contribution in [1.82, 2.24) is 0 Å². The molecule has 1 aromatic rings. The minimum Gasteiger partial charge on any atom is -0.386 e. The summed E-state index contributed by atoms with van der Waals surface area (Å²) in [4.78, 5) is 9.06. The molecule has 0 aliphatic rings. The zero-order valence-corrected chi connectivity index (χ0v) is 8.60. The van der Waals surface area contributed by atoms with Gasteiger partial charge in [-0.15, -0.1) is 0 Å². The predicted octanol–water partition coefficient (Wildman–Crippen LogP) is 1.92. The standard InChI is InChI=1S/C10H13O3P/c11-9-14(12,13)8-4-7-10-5-2-1-3-6-10/h1-7,11H,8-9H2,(H,12,13). The Morgan fingerprint density at radius 1 is 1.29 bits per heavy atom. The average molecular weight is 212 g/mol. The first-order valence-electron chi connectivity index (χ1n) is 4.27. The molecular weight excluding hydrogens is 199 g/mol. The Balaban J connectivity index is 2.54. The van der Waals surface area contributed by atoms with Gasteiger partial charge in [0.25, 0.3) is 0 Å². The van der Waals surface area contributed by atoms with Gasteiger partial charge in [0, 0.05) is 6.16 Å². The van der Waals surface area contributed by atoms with E-state index in [0.717, 1.165) is 5.56 Å². The lowest BCUT2D eigenvalue weighted by Crippen LogP contribution is -1.89. The van der Waals surface area contributed by atoms with Crippen LogP contribution in [0, 0.1) is 0 Å². The van der Waals surface area contributed by atoms with Crippen LogP contribution in [0.25, 0.3) is 6.08 Å². The Kier molecular flexibility index (Phi) is 4.08. The van der Waals surface area contributed by atoms with Crippen LogP contribution in [-0.2, 0) is 4.57 Å². The highest BCUT2D eigenvalue weighted by atomic mass is 31.2. The van der Waals surface area contributed by atoms with E-state index < -0.39 is 13.7 Å². The largest absolute Gasteiger partial charge is 0.386 e. The van der Waals surface area contributed by atoms with Crippen molar-refractivity contribution in [3.05, 3.63) is 42.0 Å². The molecule has 0 amide bonds. The van der Waals surface area contributed by atoms with Crippen molar-refractivity contribution in [3.8, 4) is 0 Å². The molecule has 4 heteroatoms. The summed E-state index contributed by atoms with van der Waals surface area (Å²) in [6, 6.07) is 9.49. The maximum absolute atomic E-state index is 11.0. The van der Waals surface area contributed by atoms with E-state index >= 15 is 0 Å². The molecule has 0 aliphatic carbocycles. The highest BCUT2D eigenvalue weighted by Crippen LogP contribution is 2.38. The summed E-state index contributed by atoms with van der Waals surface area (Å²) < 4.78 is 11.0. The van der Waals surface area contributed by atoms with Crippen LogP contribution in [0.5, 0.6) is 0 Å². The quantitative estimate of drug-likeness (QED) is 0.749. The summed E-state index contributed by atoms with van der Waals surface area (Å²) in [5.74, 6) is 0. The van der Waals surface area contributed by atoms with E-state index in [1.165, 1.54) is 0 Å². The van der Waals surface area contributed by atoms with Crippen molar-refractivity contribution in [2.24, 2.45) is 0 Å². The van der Waals surface area contributed by atoms with Crippen LogP contribution in [0.15, 0.2) is 36.4 Å². The van der Waals surface area contributed by atoms with Gasteiger partial charge in [0.05, 0.1) is 0 Å². The fourth-order valence-electron chi connectivity index (χ4n) is 0.975. The van der Waals surface area contributed by atoms with Gasteiger partial charge < -0.3 is 10.00 Å². The Labute approximate surface area is 83.2 Å². The zero-order valence-electron chi connectivity index (χ0n) is 7.71. The van der Waals surface area contributed by atoms with Crippen LogP contribution < -0.4 is 0 Å². The summed E-state index contributed by atoms with van der Waals surface area (Å²) in [6.45, 7) is 0. The second-order valence-electron chi connectivity index (χ2n) is 2.98. The number of hydrogen-bond acceptors (Lipinski definition) is 2. The molecule has 3 nitrogen and oxygen atoms in total. The second kappa shape index (κ2) is 5.11. The van der Waals surface area contributed by atoms with Gasteiger partial charge in [-0.05, 0) is 5.56 Å². The van der Waals surface area contributed by atoms with Crippen LogP contribution in [0.4, 0.5) is 0 Å². The molecule has 0 heterocycles. The lowest BCUT2D eigenvalue weighted by atomic mass is 10.2. The van der Waals surface area contributed by atoms with E-state index in [-0.39, 0.29) is 6.16 Å². The van der Waals surface area contributed by atoms with Crippen molar-refractivity contribution in [2.45, 2.75) is 0 Å². The number of aliphatic hydroxyl groups is 1.